The summed E-state index contributed by atoms with van der Waals surface area (Å²) in [7, 11) is 0. The van der Waals surface area contributed by atoms with Gasteiger partial charge in [0.1, 0.15) is 11.6 Å². The van der Waals surface area contributed by atoms with Crippen LogP contribution in [0.15, 0.2) is 12.1 Å². The number of benzene rings is 1. The van der Waals surface area contributed by atoms with E-state index in [0.29, 0.717) is 23.3 Å². The van der Waals surface area contributed by atoms with Crippen molar-refractivity contribution in [2.45, 2.75) is 18.2 Å². The lowest BCUT2D eigenvalue weighted by Crippen LogP contribution is -2.14. The van der Waals surface area contributed by atoms with Gasteiger partial charge in [-0.25, -0.2) is 8.78 Å². The van der Waals surface area contributed by atoms with Gasteiger partial charge in [0.15, 0.2) is 0 Å². The first-order chi connectivity index (χ1) is 6.70. The van der Waals surface area contributed by atoms with Crippen molar-refractivity contribution in [3.8, 4) is 0 Å². The number of hydrogen-bond acceptors (Lipinski definition) is 2. The average molecular weight is 215 g/mol. The molecule has 0 aromatic heterocycles. The van der Waals surface area contributed by atoms with Gasteiger partial charge in [-0.2, -0.15) is 11.8 Å². The van der Waals surface area contributed by atoms with Gasteiger partial charge in [0.05, 0.1) is 0 Å². The molecule has 2 rings (SSSR count). The van der Waals surface area contributed by atoms with E-state index in [1.165, 1.54) is 6.07 Å². The molecule has 0 saturated heterocycles. The number of halogens is 2. The topological polar surface area (TPSA) is 26.0 Å². The summed E-state index contributed by atoms with van der Waals surface area (Å²) in [5, 5.41) is 0. The first-order valence-corrected chi connectivity index (χ1v) is 5.65. The highest BCUT2D eigenvalue weighted by molar-refractivity contribution is 7.98. The zero-order valence-corrected chi connectivity index (χ0v) is 8.41. The smallest absolute Gasteiger partial charge is 0.128 e. The van der Waals surface area contributed by atoms with Crippen molar-refractivity contribution in [2.75, 3.05) is 5.75 Å². The molecule has 0 radical (unpaired) electrons. The lowest BCUT2D eigenvalue weighted by Gasteiger charge is -2.13. The molecular weight excluding hydrogens is 204 g/mol. The fourth-order valence-corrected chi connectivity index (χ4v) is 2.75. The zero-order chi connectivity index (χ0) is 10.1. The van der Waals surface area contributed by atoms with Crippen molar-refractivity contribution >= 4 is 11.8 Å². The molecule has 0 saturated carbocycles. The molecule has 1 heterocycles. The Balaban J connectivity index is 2.57. The standard InChI is InChI=1S/C10H11F2NS/c11-7-1-2-8(12)10-6(7)5-14-4-3-9(10)13/h1-2,9H,3-5,13H2. The largest absolute Gasteiger partial charge is 0.324 e. The summed E-state index contributed by atoms with van der Waals surface area (Å²) >= 11 is 1.60. The molecule has 76 valence electrons. The maximum absolute atomic E-state index is 13.4. The second-order valence-electron chi connectivity index (χ2n) is 3.37. The van der Waals surface area contributed by atoms with Crippen LogP contribution in [0.5, 0.6) is 0 Å². The molecule has 0 spiro atoms. The van der Waals surface area contributed by atoms with Gasteiger partial charge >= 0.3 is 0 Å². The summed E-state index contributed by atoms with van der Waals surface area (Å²) in [4.78, 5) is 0. The van der Waals surface area contributed by atoms with Gasteiger partial charge in [0, 0.05) is 22.9 Å². The summed E-state index contributed by atoms with van der Waals surface area (Å²) in [6.45, 7) is 0. The Bertz CT molecular complexity index is 354. The number of hydrogen-bond donors (Lipinski definition) is 1. The Morgan fingerprint density at radius 2 is 2.00 bits per heavy atom. The summed E-state index contributed by atoms with van der Waals surface area (Å²) in [5.74, 6) is 0.657. The van der Waals surface area contributed by atoms with Crippen molar-refractivity contribution < 1.29 is 8.78 Å². The maximum atomic E-state index is 13.4. The van der Waals surface area contributed by atoms with Crippen molar-refractivity contribution in [1.29, 1.82) is 0 Å². The second-order valence-corrected chi connectivity index (χ2v) is 4.47. The van der Waals surface area contributed by atoms with Crippen LogP contribution in [0.1, 0.15) is 23.6 Å². The van der Waals surface area contributed by atoms with E-state index in [9.17, 15) is 8.78 Å². The van der Waals surface area contributed by atoms with Crippen LogP contribution in [0, 0.1) is 11.6 Å². The van der Waals surface area contributed by atoms with Gasteiger partial charge in [-0.3, -0.25) is 0 Å². The molecule has 1 aromatic carbocycles. The van der Waals surface area contributed by atoms with Gasteiger partial charge in [-0.05, 0) is 24.3 Å². The Labute approximate surface area is 85.7 Å². The van der Waals surface area contributed by atoms with Crippen LogP contribution in [0.2, 0.25) is 0 Å². The predicted molar refractivity (Wildman–Crippen MR) is 54.1 cm³/mol. The minimum Gasteiger partial charge on any atom is -0.324 e. The van der Waals surface area contributed by atoms with E-state index in [0.717, 1.165) is 11.8 Å². The number of thioether (sulfide) groups is 1. The fraction of sp³-hybridized carbons (Fsp3) is 0.400. The number of nitrogens with two attached hydrogens (primary N) is 1. The van der Waals surface area contributed by atoms with Crippen LogP contribution >= 0.6 is 11.8 Å². The Morgan fingerprint density at radius 1 is 1.29 bits per heavy atom. The third-order valence-electron chi connectivity index (χ3n) is 2.44. The molecule has 0 amide bonds. The monoisotopic (exact) mass is 215 g/mol. The zero-order valence-electron chi connectivity index (χ0n) is 7.59. The van der Waals surface area contributed by atoms with Gasteiger partial charge < -0.3 is 5.73 Å². The molecule has 1 aliphatic rings. The van der Waals surface area contributed by atoms with Crippen LogP contribution in [-0.2, 0) is 5.75 Å². The number of fused-ring (bicyclic) bond motifs is 1. The molecule has 14 heavy (non-hydrogen) atoms. The van der Waals surface area contributed by atoms with Crippen molar-refractivity contribution in [3.63, 3.8) is 0 Å². The highest BCUT2D eigenvalue weighted by atomic mass is 32.2. The molecule has 1 unspecified atom stereocenters. The van der Waals surface area contributed by atoms with Crippen LogP contribution < -0.4 is 5.73 Å². The van der Waals surface area contributed by atoms with E-state index in [2.05, 4.69) is 0 Å². The summed E-state index contributed by atoms with van der Waals surface area (Å²) < 4.78 is 26.8. The van der Waals surface area contributed by atoms with Gasteiger partial charge in [0.25, 0.3) is 0 Å². The average Bonchev–Trinajstić information content (AvgIpc) is 2.35. The van der Waals surface area contributed by atoms with Gasteiger partial charge in [0.2, 0.25) is 0 Å². The second kappa shape index (κ2) is 3.87. The quantitative estimate of drug-likeness (QED) is 0.720. The van der Waals surface area contributed by atoms with E-state index in [4.69, 9.17) is 5.73 Å². The van der Waals surface area contributed by atoms with E-state index in [1.54, 1.807) is 11.8 Å². The molecule has 1 atom stereocenters. The summed E-state index contributed by atoms with van der Waals surface area (Å²) in [5.41, 5.74) is 6.61. The molecule has 0 fully saturated rings. The van der Waals surface area contributed by atoms with E-state index in [1.807, 2.05) is 0 Å². The van der Waals surface area contributed by atoms with Crippen molar-refractivity contribution in [1.82, 2.24) is 0 Å². The van der Waals surface area contributed by atoms with E-state index < -0.39 is 0 Å². The summed E-state index contributed by atoms with van der Waals surface area (Å²) in [6, 6.07) is 1.97. The Hall–Kier alpha value is -0.610. The highest BCUT2D eigenvalue weighted by Crippen LogP contribution is 2.32. The molecule has 1 aromatic rings. The number of rotatable bonds is 0. The van der Waals surface area contributed by atoms with Crippen molar-refractivity contribution in [3.05, 3.63) is 34.9 Å². The van der Waals surface area contributed by atoms with Crippen molar-refractivity contribution in [2.24, 2.45) is 5.73 Å². The SMILES string of the molecule is NC1CCSCc2c(F)ccc(F)c21. The lowest BCUT2D eigenvalue weighted by atomic mass is 9.99. The normalized spacial score (nSPS) is 21.5. The first kappa shape index (κ1) is 9.93. The van der Waals surface area contributed by atoms with E-state index in [-0.39, 0.29) is 17.7 Å². The van der Waals surface area contributed by atoms with Crippen LogP contribution in [0.3, 0.4) is 0 Å². The Morgan fingerprint density at radius 3 is 2.79 bits per heavy atom. The molecule has 0 bridgehead atoms. The first-order valence-electron chi connectivity index (χ1n) is 4.50. The minimum atomic E-state index is -0.378. The minimum absolute atomic E-state index is 0.341. The van der Waals surface area contributed by atoms with E-state index >= 15 is 0 Å². The molecule has 1 nitrogen and oxygen atoms in total. The van der Waals surface area contributed by atoms with Gasteiger partial charge in [-0.15, -0.1) is 0 Å². The van der Waals surface area contributed by atoms with Crippen LogP contribution in [0.25, 0.3) is 0 Å². The third kappa shape index (κ3) is 1.64. The lowest BCUT2D eigenvalue weighted by molar-refractivity contribution is 0.552. The van der Waals surface area contributed by atoms with Crippen LogP contribution in [-0.4, -0.2) is 5.75 Å². The van der Waals surface area contributed by atoms with Crippen LogP contribution in [0.4, 0.5) is 8.78 Å². The maximum Gasteiger partial charge on any atom is 0.128 e. The predicted octanol–water partition coefficient (Wildman–Crippen LogP) is 2.60. The van der Waals surface area contributed by atoms with Gasteiger partial charge in [-0.1, -0.05) is 0 Å². The molecule has 2 N–H and O–H groups in total. The molecule has 4 heteroatoms. The summed E-state index contributed by atoms with van der Waals surface area (Å²) in [6.07, 6.45) is 0.706. The highest BCUT2D eigenvalue weighted by Gasteiger charge is 2.21. The third-order valence-corrected chi connectivity index (χ3v) is 3.45. The molecule has 0 aliphatic carbocycles. The molecule has 1 aliphatic heterocycles. The fourth-order valence-electron chi connectivity index (χ4n) is 1.69. The molecular formula is C10H11F2NS. The Kier molecular flexibility index (Phi) is 2.74.